The molecule has 0 spiro atoms. The van der Waals surface area contributed by atoms with Crippen LogP contribution in [0.1, 0.15) is 27.0 Å². The summed E-state index contributed by atoms with van der Waals surface area (Å²) >= 11 is 9.73. The Kier molecular flexibility index (Phi) is 5.82. The van der Waals surface area contributed by atoms with Crippen LogP contribution in [0.2, 0.25) is 5.02 Å². The van der Waals surface area contributed by atoms with Gasteiger partial charge < -0.3 is 5.32 Å². The molecule has 4 rings (SSSR count). The second kappa shape index (κ2) is 8.40. The molecule has 1 N–H and O–H groups in total. The van der Waals surface area contributed by atoms with Crippen molar-refractivity contribution in [3.8, 4) is 11.3 Å². The number of benzene rings is 3. The maximum absolute atomic E-state index is 13.4. The molecule has 0 aliphatic heterocycles. The molecule has 3 nitrogen and oxygen atoms in total. The number of carbonyl (C=O) groups excluding carboxylic acids is 1. The minimum absolute atomic E-state index is 0.262. The van der Waals surface area contributed by atoms with Crippen LogP contribution in [0.15, 0.2) is 59.1 Å². The van der Waals surface area contributed by atoms with E-state index in [9.17, 15) is 9.18 Å². The van der Waals surface area contributed by atoms with E-state index in [0.717, 1.165) is 37.6 Å². The van der Waals surface area contributed by atoms with Crippen molar-refractivity contribution in [3.63, 3.8) is 0 Å². The van der Waals surface area contributed by atoms with Crippen LogP contribution in [-0.4, -0.2) is 10.9 Å². The monoisotopic (exact) mass is 496 g/mol. The quantitative estimate of drug-likeness (QED) is 0.316. The third-order valence-electron chi connectivity index (χ3n) is 5.22. The highest BCUT2D eigenvalue weighted by Crippen LogP contribution is 2.33. The van der Waals surface area contributed by atoms with Gasteiger partial charge in [0.25, 0.3) is 5.91 Å². The van der Waals surface area contributed by atoms with Crippen LogP contribution < -0.4 is 5.32 Å². The molecule has 156 valence electrons. The highest BCUT2D eigenvalue weighted by molar-refractivity contribution is 9.10. The molecule has 0 aliphatic carbocycles. The summed E-state index contributed by atoms with van der Waals surface area (Å²) in [5.41, 5.74) is 5.99. The van der Waals surface area contributed by atoms with Crippen molar-refractivity contribution < 1.29 is 9.18 Å². The van der Waals surface area contributed by atoms with E-state index >= 15 is 0 Å². The number of aryl methyl sites for hydroxylation is 2. The minimum Gasteiger partial charge on any atom is -0.322 e. The molecule has 0 saturated heterocycles. The zero-order valence-electron chi connectivity index (χ0n) is 17.2. The number of nitrogens with zero attached hydrogens (tertiary/aromatic N) is 1. The first-order valence-electron chi connectivity index (χ1n) is 9.68. The molecule has 0 saturated carbocycles. The fourth-order valence-corrected chi connectivity index (χ4v) is 4.21. The van der Waals surface area contributed by atoms with Gasteiger partial charge in [0.15, 0.2) is 0 Å². The van der Waals surface area contributed by atoms with Crippen molar-refractivity contribution in [2.75, 3.05) is 5.32 Å². The van der Waals surface area contributed by atoms with Crippen LogP contribution in [0.3, 0.4) is 0 Å². The number of nitrogens with one attached hydrogen (secondary N) is 1. The summed E-state index contributed by atoms with van der Waals surface area (Å²) in [5.74, 6) is -0.584. The van der Waals surface area contributed by atoms with Crippen LogP contribution >= 0.6 is 27.5 Å². The Morgan fingerprint density at radius 3 is 2.45 bits per heavy atom. The van der Waals surface area contributed by atoms with Crippen molar-refractivity contribution in [1.29, 1.82) is 0 Å². The number of anilines is 1. The summed E-state index contributed by atoms with van der Waals surface area (Å²) in [6.07, 6.45) is 0. The molecule has 0 bridgehead atoms. The van der Waals surface area contributed by atoms with Crippen LogP contribution in [-0.2, 0) is 0 Å². The molecular formula is C25H19BrClFN2O. The van der Waals surface area contributed by atoms with E-state index in [-0.39, 0.29) is 11.7 Å². The Bertz CT molecular complexity index is 1340. The van der Waals surface area contributed by atoms with Gasteiger partial charge in [-0.3, -0.25) is 4.79 Å². The Morgan fingerprint density at radius 1 is 1.03 bits per heavy atom. The second-order valence-corrected chi connectivity index (χ2v) is 8.76. The van der Waals surface area contributed by atoms with Gasteiger partial charge in [0.05, 0.1) is 21.8 Å². The summed E-state index contributed by atoms with van der Waals surface area (Å²) in [7, 11) is 0. The Hall–Kier alpha value is -2.76. The molecule has 31 heavy (non-hydrogen) atoms. The van der Waals surface area contributed by atoms with E-state index in [1.54, 1.807) is 24.3 Å². The maximum atomic E-state index is 13.4. The molecule has 0 fully saturated rings. The zero-order valence-corrected chi connectivity index (χ0v) is 19.5. The molecule has 3 aromatic carbocycles. The topological polar surface area (TPSA) is 42.0 Å². The molecule has 0 radical (unpaired) electrons. The van der Waals surface area contributed by atoms with E-state index in [4.69, 9.17) is 16.6 Å². The highest BCUT2D eigenvalue weighted by atomic mass is 79.9. The molecular weight excluding hydrogens is 479 g/mol. The number of rotatable bonds is 3. The molecule has 0 unspecified atom stereocenters. The van der Waals surface area contributed by atoms with E-state index < -0.39 is 0 Å². The highest BCUT2D eigenvalue weighted by Gasteiger charge is 2.17. The van der Waals surface area contributed by atoms with Gasteiger partial charge in [-0.05, 0) is 96.4 Å². The van der Waals surface area contributed by atoms with E-state index in [1.807, 2.05) is 39.0 Å². The number of pyridine rings is 1. The van der Waals surface area contributed by atoms with Gasteiger partial charge in [-0.2, -0.15) is 0 Å². The van der Waals surface area contributed by atoms with Crippen molar-refractivity contribution in [3.05, 3.63) is 92.2 Å². The third-order valence-corrected chi connectivity index (χ3v) is 6.60. The lowest BCUT2D eigenvalue weighted by Crippen LogP contribution is -2.14. The van der Waals surface area contributed by atoms with Crippen LogP contribution in [0, 0.1) is 26.6 Å². The predicted molar refractivity (Wildman–Crippen MR) is 128 cm³/mol. The number of hydrogen-bond acceptors (Lipinski definition) is 2. The van der Waals surface area contributed by atoms with Gasteiger partial charge in [0.1, 0.15) is 5.82 Å². The SMILES string of the molecule is Cc1cc(C)c2nc(-c3ccc(F)cc3)cc(C(=O)Nc3ccc(Br)c(Cl)c3C)c2c1. The summed E-state index contributed by atoms with van der Waals surface area (Å²) in [4.78, 5) is 18.2. The molecule has 6 heteroatoms. The van der Waals surface area contributed by atoms with Gasteiger partial charge in [-0.1, -0.05) is 23.2 Å². The first-order valence-corrected chi connectivity index (χ1v) is 10.9. The van der Waals surface area contributed by atoms with Crippen LogP contribution in [0.4, 0.5) is 10.1 Å². The Labute approximate surface area is 193 Å². The van der Waals surface area contributed by atoms with Crippen molar-refractivity contribution in [1.82, 2.24) is 4.98 Å². The number of halogens is 3. The number of hydrogen-bond donors (Lipinski definition) is 1. The fraction of sp³-hybridized carbons (Fsp3) is 0.120. The lowest BCUT2D eigenvalue weighted by Gasteiger charge is -2.15. The molecule has 1 amide bonds. The average Bonchev–Trinajstić information content (AvgIpc) is 2.74. The molecule has 4 aromatic rings. The third kappa shape index (κ3) is 4.21. The lowest BCUT2D eigenvalue weighted by atomic mass is 9.99. The summed E-state index contributed by atoms with van der Waals surface area (Å²) in [6, 6.07) is 15.4. The summed E-state index contributed by atoms with van der Waals surface area (Å²) in [6.45, 7) is 5.81. The summed E-state index contributed by atoms with van der Waals surface area (Å²) in [5, 5.41) is 4.30. The van der Waals surface area contributed by atoms with Gasteiger partial charge >= 0.3 is 0 Å². The standard InChI is InChI=1S/C25H19BrClFN2O/c1-13-10-14(2)24-18(11-13)19(12-22(29-24)16-4-6-17(28)7-5-16)25(31)30-21-9-8-20(26)23(27)15(21)3/h4-12H,1-3H3,(H,30,31). The first-order chi connectivity index (χ1) is 14.7. The number of fused-ring (bicyclic) bond motifs is 1. The van der Waals surface area contributed by atoms with Crippen LogP contribution in [0.5, 0.6) is 0 Å². The number of amides is 1. The maximum Gasteiger partial charge on any atom is 0.256 e. The molecule has 1 heterocycles. The predicted octanol–water partition coefficient (Wildman–Crippen LogP) is 7.63. The first kappa shape index (κ1) is 21.5. The lowest BCUT2D eigenvalue weighted by molar-refractivity contribution is 0.102. The molecule has 0 aliphatic rings. The normalized spacial score (nSPS) is 11.0. The van der Waals surface area contributed by atoms with Crippen LogP contribution in [0.25, 0.3) is 22.2 Å². The largest absolute Gasteiger partial charge is 0.322 e. The van der Waals surface area contributed by atoms with Crippen molar-refractivity contribution in [2.24, 2.45) is 0 Å². The van der Waals surface area contributed by atoms with Gasteiger partial charge in [0, 0.05) is 21.1 Å². The minimum atomic E-state index is -0.322. The Morgan fingerprint density at radius 2 is 1.74 bits per heavy atom. The Balaban J connectivity index is 1.88. The van der Waals surface area contributed by atoms with Gasteiger partial charge in [-0.25, -0.2) is 9.37 Å². The van der Waals surface area contributed by atoms with Gasteiger partial charge in [0.2, 0.25) is 0 Å². The smallest absolute Gasteiger partial charge is 0.256 e. The number of carbonyl (C=O) groups is 1. The van der Waals surface area contributed by atoms with E-state index in [2.05, 4.69) is 21.2 Å². The zero-order chi connectivity index (χ0) is 22.3. The van der Waals surface area contributed by atoms with Crippen molar-refractivity contribution >= 4 is 50.0 Å². The summed E-state index contributed by atoms with van der Waals surface area (Å²) < 4.78 is 14.2. The number of aromatic nitrogens is 1. The second-order valence-electron chi connectivity index (χ2n) is 7.53. The van der Waals surface area contributed by atoms with E-state index in [0.29, 0.717) is 22.0 Å². The fourth-order valence-electron chi connectivity index (χ4n) is 3.61. The molecule has 0 atom stereocenters. The van der Waals surface area contributed by atoms with Crippen molar-refractivity contribution in [2.45, 2.75) is 20.8 Å². The van der Waals surface area contributed by atoms with E-state index in [1.165, 1.54) is 12.1 Å². The van der Waals surface area contributed by atoms with Gasteiger partial charge in [-0.15, -0.1) is 0 Å². The molecule has 1 aromatic heterocycles. The average molecular weight is 498 g/mol.